The van der Waals surface area contributed by atoms with Gasteiger partial charge in [0.2, 0.25) is 0 Å². The zero-order valence-corrected chi connectivity index (χ0v) is 7.89. The molecule has 1 saturated heterocycles. The number of hydrogen-bond acceptors (Lipinski definition) is 2. The molecule has 0 aromatic rings. The number of hydrogen-bond donors (Lipinski definition) is 1. The molecule has 0 saturated carbocycles. The molecule has 2 heteroatoms. The third-order valence-corrected chi connectivity index (χ3v) is 3.14. The summed E-state index contributed by atoms with van der Waals surface area (Å²) in [5.41, 5.74) is 6.58. The van der Waals surface area contributed by atoms with Gasteiger partial charge in [0.15, 0.2) is 0 Å². The second kappa shape index (κ2) is 2.77. The lowest BCUT2D eigenvalue weighted by atomic mass is 9.82. The number of fused-ring (bicyclic) bond motifs is 3. The summed E-state index contributed by atoms with van der Waals surface area (Å²) in [6, 6.07) is 0. The van der Waals surface area contributed by atoms with Gasteiger partial charge in [0, 0.05) is 17.5 Å². The van der Waals surface area contributed by atoms with Crippen molar-refractivity contribution in [2.24, 2.45) is 17.6 Å². The highest BCUT2D eigenvalue weighted by molar-refractivity contribution is 5.32. The molecule has 0 radical (unpaired) electrons. The summed E-state index contributed by atoms with van der Waals surface area (Å²) in [5, 5.41) is 0. The van der Waals surface area contributed by atoms with Crippen molar-refractivity contribution in [1.82, 2.24) is 0 Å². The molecule has 3 atom stereocenters. The van der Waals surface area contributed by atoms with Gasteiger partial charge in [-0.25, -0.2) is 0 Å². The molecule has 2 N–H and O–H groups in total. The molecule has 3 rings (SSSR count). The fraction of sp³-hybridized carbons (Fsp3) is 0.333. The Kier molecular flexibility index (Phi) is 1.57. The van der Waals surface area contributed by atoms with Crippen LogP contribution in [0.5, 0.6) is 0 Å². The lowest BCUT2D eigenvalue weighted by Gasteiger charge is -2.18. The molecule has 1 fully saturated rings. The summed E-state index contributed by atoms with van der Waals surface area (Å²) in [6.07, 6.45) is 13.8. The summed E-state index contributed by atoms with van der Waals surface area (Å²) in [4.78, 5) is 0. The minimum absolute atomic E-state index is 0.232. The summed E-state index contributed by atoms with van der Waals surface area (Å²) >= 11 is 0. The van der Waals surface area contributed by atoms with Gasteiger partial charge in [-0.05, 0) is 18.6 Å². The Hall–Kier alpha value is -1.44. The largest absolute Gasteiger partial charge is 0.490 e. The number of allylic oxidation sites excluding steroid dienone is 5. The average molecular weight is 187 g/mol. The van der Waals surface area contributed by atoms with Crippen molar-refractivity contribution in [3.8, 4) is 0 Å². The minimum atomic E-state index is 0.232. The summed E-state index contributed by atoms with van der Waals surface area (Å²) in [7, 11) is 0. The zero-order valence-electron chi connectivity index (χ0n) is 7.89. The van der Waals surface area contributed by atoms with Gasteiger partial charge < -0.3 is 10.5 Å². The quantitative estimate of drug-likeness (QED) is 0.628. The van der Waals surface area contributed by atoms with E-state index in [0.29, 0.717) is 11.8 Å². The highest BCUT2D eigenvalue weighted by atomic mass is 16.5. The first-order valence-electron chi connectivity index (χ1n) is 5.03. The van der Waals surface area contributed by atoms with Crippen LogP contribution in [0.25, 0.3) is 0 Å². The SMILES string of the molecule is NC1=CCC2C(=C1)OC1C=CC=CC12. The van der Waals surface area contributed by atoms with Gasteiger partial charge in [0.05, 0.1) is 0 Å². The maximum Gasteiger partial charge on any atom is 0.124 e. The van der Waals surface area contributed by atoms with Crippen LogP contribution in [0.4, 0.5) is 0 Å². The van der Waals surface area contributed by atoms with E-state index in [-0.39, 0.29) is 6.10 Å². The van der Waals surface area contributed by atoms with Crippen LogP contribution in [0.2, 0.25) is 0 Å². The first kappa shape index (κ1) is 7.92. The molecule has 0 aromatic carbocycles. The van der Waals surface area contributed by atoms with Gasteiger partial charge in [0.25, 0.3) is 0 Å². The van der Waals surface area contributed by atoms with Gasteiger partial charge in [-0.15, -0.1) is 0 Å². The van der Waals surface area contributed by atoms with Crippen LogP contribution < -0.4 is 5.73 Å². The first-order valence-corrected chi connectivity index (χ1v) is 5.03. The Bertz CT molecular complexity index is 376. The van der Waals surface area contributed by atoms with Crippen LogP contribution >= 0.6 is 0 Å². The number of nitrogens with two attached hydrogens (primary N) is 1. The maximum atomic E-state index is 5.84. The van der Waals surface area contributed by atoms with E-state index in [9.17, 15) is 0 Å². The van der Waals surface area contributed by atoms with Crippen LogP contribution in [0.1, 0.15) is 6.42 Å². The van der Waals surface area contributed by atoms with Crippen molar-refractivity contribution in [2.75, 3.05) is 0 Å². The van der Waals surface area contributed by atoms with Crippen LogP contribution in [-0.2, 0) is 4.74 Å². The molecule has 3 unspecified atom stereocenters. The topological polar surface area (TPSA) is 35.2 Å². The Morgan fingerprint density at radius 3 is 3.07 bits per heavy atom. The fourth-order valence-corrected chi connectivity index (χ4v) is 2.42. The minimum Gasteiger partial charge on any atom is -0.490 e. The molecule has 0 spiro atoms. The molecule has 1 heterocycles. The van der Waals surface area contributed by atoms with Gasteiger partial charge in [-0.3, -0.25) is 0 Å². The lowest BCUT2D eigenvalue weighted by molar-refractivity contribution is 0.184. The van der Waals surface area contributed by atoms with Crippen molar-refractivity contribution in [2.45, 2.75) is 12.5 Å². The molecule has 0 aromatic heterocycles. The van der Waals surface area contributed by atoms with E-state index in [1.807, 2.05) is 6.08 Å². The van der Waals surface area contributed by atoms with E-state index in [2.05, 4.69) is 30.4 Å². The molecule has 14 heavy (non-hydrogen) atoms. The molecule has 0 bridgehead atoms. The number of ether oxygens (including phenoxy) is 1. The molecule has 2 nitrogen and oxygen atoms in total. The Morgan fingerprint density at radius 1 is 1.29 bits per heavy atom. The number of rotatable bonds is 0. The second-order valence-corrected chi connectivity index (χ2v) is 4.02. The van der Waals surface area contributed by atoms with Crippen molar-refractivity contribution in [3.05, 3.63) is 47.9 Å². The van der Waals surface area contributed by atoms with E-state index >= 15 is 0 Å². The monoisotopic (exact) mass is 187 g/mol. The predicted molar refractivity (Wildman–Crippen MR) is 55.1 cm³/mol. The van der Waals surface area contributed by atoms with Gasteiger partial charge >= 0.3 is 0 Å². The summed E-state index contributed by atoms with van der Waals surface area (Å²) in [6.45, 7) is 0. The van der Waals surface area contributed by atoms with Crippen molar-refractivity contribution in [1.29, 1.82) is 0 Å². The van der Waals surface area contributed by atoms with Gasteiger partial charge in [0.1, 0.15) is 11.9 Å². The Morgan fingerprint density at radius 2 is 2.14 bits per heavy atom. The smallest absolute Gasteiger partial charge is 0.124 e. The molecule has 2 aliphatic carbocycles. The molecular weight excluding hydrogens is 174 g/mol. The third kappa shape index (κ3) is 1.03. The van der Waals surface area contributed by atoms with E-state index < -0.39 is 0 Å². The van der Waals surface area contributed by atoms with Gasteiger partial charge in [-0.2, -0.15) is 0 Å². The van der Waals surface area contributed by atoms with E-state index in [0.717, 1.165) is 17.9 Å². The van der Waals surface area contributed by atoms with Crippen LogP contribution in [0.15, 0.2) is 47.9 Å². The van der Waals surface area contributed by atoms with Crippen LogP contribution in [0, 0.1) is 11.8 Å². The standard InChI is InChI=1S/C12H13NO/c13-8-5-6-10-9-3-1-2-4-11(9)14-12(10)7-8/h1-5,7,9-11H,6,13H2. The Balaban J connectivity index is 1.95. The van der Waals surface area contributed by atoms with Crippen molar-refractivity contribution < 1.29 is 4.74 Å². The molecule has 0 amide bonds. The second-order valence-electron chi connectivity index (χ2n) is 4.02. The lowest BCUT2D eigenvalue weighted by Crippen LogP contribution is -2.18. The van der Waals surface area contributed by atoms with Crippen molar-refractivity contribution >= 4 is 0 Å². The summed E-state index contributed by atoms with van der Waals surface area (Å²) in [5.74, 6) is 2.08. The highest BCUT2D eigenvalue weighted by Crippen LogP contribution is 2.42. The predicted octanol–water partition coefficient (Wildman–Crippen LogP) is 1.87. The average Bonchev–Trinajstić information content (AvgIpc) is 2.54. The van der Waals surface area contributed by atoms with Crippen molar-refractivity contribution in [3.63, 3.8) is 0 Å². The molecule has 1 aliphatic heterocycles. The van der Waals surface area contributed by atoms with Gasteiger partial charge in [-0.1, -0.05) is 24.3 Å². The Labute approximate surface area is 83.4 Å². The zero-order chi connectivity index (χ0) is 9.54. The van der Waals surface area contributed by atoms with E-state index in [1.165, 1.54) is 0 Å². The molecular formula is C12H13NO. The molecule has 3 aliphatic rings. The molecule has 72 valence electrons. The third-order valence-electron chi connectivity index (χ3n) is 3.14. The van der Waals surface area contributed by atoms with E-state index in [4.69, 9.17) is 10.5 Å². The fourth-order valence-electron chi connectivity index (χ4n) is 2.42. The maximum absolute atomic E-state index is 5.84. The van der Waals surface area contributed by atoms with Crippen LogP contribution in [-0.4, -0.2) is 6.10 Å². The van der Waals surface area contributed by atoms with Crippen LogP contribution in [0.3, 0.4) is 0 Å². The first-order chi connectivity index (χ1) is 6.84. The summed E-state index contributed by atoms with van der Waals surface area (Å²) < 4.78 is 5.84. The normalized spacial score (nSPS) is 38.1. The highest BCUT2D eigenvalue weighted by Gasteiger charge is 2.39. The van der Waals surface area contributed by atoms with E-state index in [1.54, 1.807) is 0 Å².